The topological polar surface area (TPSA) is 60.7 Å². The molecule has 3 aromatic rings. The molecular weight excluding hydrogens is 342 g/mol. The van der Waals surface area contributed by atoms with Crippen molar-refractivity contribution in [1.82, 2.24) is 5.32 Å². The van der Waals surface area contributed by atoms with E-state index in [0.29, 0.717) is 24.9 Å². The number of ether oxygens (including phenoxy) is 2. The zero-order chi connectivity index (χ0) is 18.4. The van der Waals surface area contributed by atoms with Crippen molar-refractivity contribution >= 4 is 16.9 Å². The van der Waals surface area contributed by atoms with Gasteiger partial charge < -0.3 is 19.2 Å². The highest BCUT2D eigenvalue weighted by atomic mass is 16.6. The summed E-state index contributed by atoms with van der Waals surface area (Å²) >= 11 is 0. The lowest BCUT2D eigenvalue weighted by Crippen LogP contribution is -2.29. The fourth-order valence-electron chi connectivity index (χ4n) is 3.64. The van der Waals surface area contributed by atoms with Crippen molar-refractivity contribution in [3.63, 3.8) is 0 Å². The first-order chi connectivity index (χ1) is 13.2. The number of fused-ring (bicyclic) bond motifs is 2. The summed E-state index contributed by atoms with van der Waals surface area (Å²) in [6.45, 7) is 3.15. The molecule has 0 bridgehead atoms. The minimum atomic E-state index is -0.185. The molecule has 2 heterocycles. The maximum absolute atomic E-state index is 12.8. The van der Waals surface area contributed by atoms with E-state index < -0.39 is 0 Å². The fourth-order valence-corrected chi connectivity index (χ4v) is 3.64. The Morgan fingerprint density at radius 1 is 1.04 bits per heavy atom. The van der Waals surface area contributed by atoms with Gasteiger partial charge >= 0.3 is 0 Å². The third-order valence-electron chi connectivity index (χ3n) is 5.20. The van der Waals surface area contributed by atoms with Crippen LogP contribution in [0.5, 0.6) is 11.5 Å². The van der Waals surface area contributed by atoms with Gasteiger partial charge in [-0.05, 0) is 61.6 Å². The maximum atomic E-state index is 12.8. The Kier molecular flexibility index (Phi) is 3.81. The second-order valence-corrected chi connectivity index (χ2v) is 7.34. The Balaban J connectivity index is 1.41. The standard InChI is InChI=1S/C22H21NO4/c1-13-2-6-17-16(10-13)12-20(27-17)22(24)23-21(14-3-4-14)15-5-7-18-19(11-15)26-9-8-25-18/h2,5-7,10-12,14,21H,3-4,8-9H2,1H3,(H,23,24). The van der Waals surface area contributed by atoms with Gasteiger partial charge in [-0.2, -0.15) is 0 Å². The predicted octanol–water partition coefficient (Wildman–Crippen LogP) is 4.39. The van der Waals surface area contributed by atoms with E-state index in [1.807, 2.05) is 49.4 Å². The van der Waals surface area contributed by atoms with Crippen molar-refractivity contribution in [3.8, 4) is 11.5 Å². The summed E-state index contributed by atoms with van der Waals surface area (Å²) in [6, 6.07) is 13.6. The number of rotatable bonds is 4. The van der Waals surface area contributed by atoms with Gasteiger partial charge in [-0.25, -0.2) is 0 Å². The Bertz CT molecular complexity index is 1020. The first-order valence-corrected chi connectivity index (χ1v) is 9.38. The number of benzene rings is 2. The third-order valence-corrected chi connectivity index (χ3v) is 5.20. The summed E-state index contributed by atoms with van der Waals surface area (Å²) < 4.78 is 17.1. The lowest BCUT2D eigenvalue weighted by atomic mass is 10.0. The van der Waals surface area contributed by atoms with Crippen molar-refractivity contribution in [3.05, 3.63) is 59.4 Å². The zero-order valence-corrected chi connectivity index (χ0v) is 15.2. The molecule has 2 aliphatic rings. The van der Waals surface area contributed by atoms with Crippen LogP contribution in [0.25, 0.3) is 11.0 Å². The molecule has 5 rings (SSSR count). The fraction of sp³-hybridized carbons (Fsp3) is 0.318. The highest BCUT2D eigenvalue weighted by Crippen LogP contribution is 2.43. The van der Waals surface area contributed by atoms with Crippen LogP contribution in [0, 0.1) is 12.8 Å². The smallest absolute Gasteiger partial charge is 0.287 e. The summed E-state index contributed by atoms with van der Waals surface area (Å²) in [5.41, 5.74) is 2.91. The van der Waals surface area contributed by atoms with Crippen LogP contribution >= 0.6 is 0 Å². The lowest BCUT2D eigenvalue weighted by Gasteiger charge is -2.22. The first-order valence-electron chi connectivity index (χ1n) is 9.38. The van der Waals surface area contributed by atoms with Crippen LogP contribution in [0.3, 0.4) is 0 Å². The van der Waals surface area contributed by atoms with Crippen LogP contribution in [0.4, 0.5) is 0 Å². The zero-order valence-electron chi connectivity index (χ0n) is 15.2. The molecule has 1 saturated carbocycles. The molecule has 0 spiro atoms. The largest absolute Gasteiger partial charge is 0.486 e. The molecule has 1 aliphatic heterocycles. The normalized spacial score (nSPS) is 16.9. The molecule has 1 aliphatic carbocycles. The van der Waals surface area contributed by atoms with Gasteiger partial charge in [0.1, 0.15) is 18.8 Å². The van der Waals surface area contributed by atoms with Gasteiger partial charge in [0.05, 0.1) is 6.04 Å². The summed E-state index contributed by atoms with van der Waals surface area (Å²) in [5, 5.41) is 4.11. The number of aryl methyl sites for hydroxylation is 1. The monoisotopic (exact) mass is 363 g/mol. The maximum Gasteiger partial charge on any atom is 0.287 e. The van der Waals surface area contributed by atoms with Crippen LogP contribution in [-0.4, -0.2) is 19.1 Å². The van der Waals surface area contributed by atoms with E-state index in [-0.39, 0.29) is 11.9 Å². The highest BCUT2D eigenvalue weighted by Gasteiger charge is 2.34. The lowest BCUT2D eigenvalue weighted by molar-refractivity contribution is 0.0905. The first kappa shape index (κ1) is 16.2. The third kappa shape index (κ3) is 3.14. The van der Waals surface area contributed by atoms with E-state index in [1.165, 1.54) is 0 Å². The molecule has 27 heavy (non-hydrogen) atoms. The average molecular weight is 363 g/mol. The number of furan rings is 1. The average Bonchev–Trinajstić information content (AvgIpc) is 3.44. The number of hydrogen-bond acceptors (Lipinski definition) is 4. The SMILES string of the molecule is Cc1ccc2oc(C(=O)NC(c3ccc4c(c3)OCCO4)C3CC3)cc2c1. The van der Waals surface area contributed by atoms with Crippen LogP contribution in [-0.2, 0) is 0 Å². The molecule has 138 valence electrons. The summed E-state index contributed by atoms with van der Waals surface area (Å²) in [5.74, 6) is 2.12. The van der Waals surface area contributed by atoms with E-state index in [9.17, 15) is 4.79 Å². The van der Waals surface area contributed by atoms with E-state index >= 15 is 0 Å². The second-order valence-electron chi connectivity index (χ2n) is 7.34. The molecule has 1 aromatic heterocycles. The van der Waals surface area contributed by atoms with Crippen LogP contribution < -0.4 is 14.8 Å². The molecule has 1 fully saturated rings. The highest BCUT2D eigenvalue weighted by molar-refractivity contribution is 5.96. The van der Waals surface area contributed by atoms with Gasteiger partial charge in [-0.3, -0.25) is 4.79 Å². The quantitative estimate of drug-likeness (QED) is 0.747. The Morgan fingerprint density at radius 2 is 1.85 bits per heavy atom. The summed E-state index contributed by atoms with van der Waals surface area (Å²) in [7, 11) is 0. The molecular formula is C22H21NO4. The molecule has 2 aromatic carbocycles. The Labute approximate surface area is 157 Å². The molecule has 1 N–H and O–H groups in total. The molecule has 0 saturated heterocycles. The number of carbonyl (C=O) groups is 1. The van der Waals surface area contributed by atoms with E-state index in [1.54, 1.807) is 0 Å². The molecule has 0 radical (unpaired) electrons. The van der Waals surface area contributed by atoms with Crippen LogP contribution in [0.15, 0.2) is 46.9 Å². The number of hydrogen-bond donors (Lipinski definition) is 1. The van der Waals surface area contributed by atoms with Crippen molar-refractivity contribution < 1.29 is 18.7 Å². The van der Waals surface area contributed by atoms with Crippen molar-refractivity contribution in [2.24, 2.45) is 5.92 Å². The van der Waals surface area contributed by atoms with Gasteiger partial charge in [-0.15, -0.1) is 0 Å². The van der Waals surface area contributed by atoms with Gasteiger partial charge in [0.15, 0.2) is 17.3 Å². The number of carbonyl (C=O) groups excluding carboxylic acids is 1. The van der Waals surface area contributed by atoms with E-state index in [4.69, 9.17) is 13.9 Å². The molecule has 1 atom stereocenters. The second kappa shape index (κ2) is 6.34. The minimum Gasteiger partial charge on any atom is -0.486 e. The summed E-state index contributed by atoms with van der Waals surface area (Å²) in [6.07, 6.45) is 2.22. The van der Waals surface area contributed by atoms with Crippen molar-refractivity contribution in [2.45, 2.75) is 25.8 Å². The molecule has 1 amide bonds. The minimum absolute atomic E-state index is 0.0525. The van der Waals surface area contributed by atoms with Gasteiger partial charge in [0.25, 0.3) is 5.91 Å². The van der Waals surface area contributed by atoms with Crippen molar-refractivity contribution in [2.75, 3.05) is 13.2 Å². The Hall–Kier alpha value is -2.95. The number of nitrogens with one attached hydrogen (secondary N) is 1. The summed E-state index contributed by atoms with van der Waals surface area (Å²) in [4.78, 5) is 12.8. The van der Waals surface area contributed by atoms with Crippen LogP contribution in [0.1, 0.15) is 40.6 Å². The molecule has 5 heteroatoms. The van der Waals surface area contributed by atoms with Crippen molar-refractivity contribution in [1.29, 1.82) is 0 Å². The van der Waals surface area contributed by atoms with Gasteiger partial charge in [0, 0.05) is 5.39 Å². The molecule has 1 unspecified atom stereocenters. The van der Waals surface area contributed by atoms with Gasteiger partial charge in [-0.1, -0.05) is 17.7 Å². The predicted molar refractivity (Wildman–Crippen MR) is 101 cm³/mol. The van der Waals surface area contributed by atoms with E-state index in [2.05, 4.69) is 5.32 Å². The van der Waals surface area contributed by atoms with E-state index in [0.717, 1.165) is 46.4 Å². The van der Waals surface area contributed by atoms with Gasteiger partial charge in [0.2, 0.25) is 0 Å². The Morgan fingerprint density at radius 3 is 2.67 bits per heavy atom. The van der Waals surface area contributed by atoms with Crippen LogP contribution in [0.2, 0.25) is 0 Å². The molecule has 5 nitrogen and oxygen atoms in total. The number of amides is 1.